The number of amidine groups is 1. The van der Waals surface area contributed by atoms with Crippen molar-refractivity contribution < 1.29 is 4.74 Å². The lowest BCUT2D eigenvalue weighted by atomic mass is 10.2. The van der Waals surface area contributed by atoms with Crippen molar-refractivity contribution in [3.05, 3.63) is 29.8 Å². The number of aliphatic imine (C=N–C) groups is 1. The van der Waals surface area contributed by atoms with Gasteiger partial charge in [0.15, 0.2) is 0 Å². The Bertz CT molecular complexity index is 330. The summed E-state index contributed by atoms with van der Waals surface area (Å²) < 4.78 is 5.36. The highest BCUT2D eigenvalue weighted by Crippen LogP contribution is 2.12. The minimum atomic E-state index is 0.707. The molecular formula is C11H14N2O. The largest absolute Gasteiger partial charge is 0.494 e. The quantitative estimate of drug-likeness (QED) is 0.782. The van der Waals surface area contributed by atoms with Gasteiger partial charge < -0.3 is 10.1 Å². The van der Waals surface area contributed by atoms with Crippen molar-refractivity contribution in [3.8, 4) is 5.75 Å². The molecule has 1 N–H and O–H groups in total. The predicted octanol–water partition coefficient (Wildman–Crippen LogP) is 1.44. The zero-order valence-electron chi connectivity index (χ0n) is 8.29. The minimum absolute atomic E-state index is 0.707. The van der Waals surface area contributed by atoms with Gasteiger partial charge in [0.25, 0.3) is 0 Å². The Kier molecular flexibility index (Phi) is 2.68. The molecule has 0 radical (unpaired) electrons. The van der Waals surface area contributed by atoms with Crippen LogP contribution in [0.25, 0.3) is 0 Å². The lowest BCUT2D eigenvalue weighted by molar-refractivity contribution is 0.340. The monoisotopic (exact) mass is 190 g/mol. The van der Waals surface area contributed by atoms with E-state index in [2.05, 4.69) is 10.3 Å². The van der Waals surface area contributed by atoms with E-state index in [-0.39, 0.29) is 0 Å². The maximum Gasteiger partial charge on any atom is 0.128 e. The van der Waals surface area contributed by atoms with Crippen LogP contribution in [0.15, 0.2) is 29.3 Å². The number of nitrogens with zero attached hydrogens (tertiary/aromatic N) is 1. The van der Waals surface area contributed by atoms with E-state index in [1.165, 1.54) is 0 Å². The minimum Gasteiger partial charge on any atom is -0.494 e. The third-order valence-electron chi connectivity index (χ3n) is 2.11. The van der Waals surface area contributed by atoms with Crippen LogP contribution in [0, 0.1) is 0 Å². The average Bonchev–Trinajstić information content (AvgIpc) is 2.72. The maximum atomic E-state index is 5.36. The number of hydrogen-bond donors (Lipinski definition) is 1. The van der Waals surface area contributed by atoms with Gasteiger partial charge in [0.05, 0.1) is 13.2 Å². The first-order valence-electron chi connectivity index (χ1n) is 4.91. The van der Waals surface area contributed by atoms with Crippen LogP contribution in [0.4, 0.5) is 0 Å². The highest BCUT2D eigenvalue weighted by atomic mass is 16.5. The van der Waals surface area contributed by atoms with E-state index in [4.69, 9.17) is 4.74 Å². The second-order valence-corrected chi connectivity index (χ2v) is 3.11. The molecule has 0 aliphatic carbocycles. The average molecular weight is 190 g/mol. The molecule has 1 aromatic carbocycles. The summed E-state index contributed by atoms with van der Waals surface area (Å²) in [5, 5.41) is 3.23. The highest BCUT2D eigenvalue weighted by Gasteiger charge is 2.06. The molecule has 0 bridgehead atoms. The Morgan fingerprint density at radius 2 is 2.14 bits per heavy atom. The molecule has 3 heteroatoms. The first kappa shape index (κ1) is 9.06. The molecule has 0 aromatic heterocycles. The van der Waals surface area contributed by atoms with Crippen molar-refractivity contribution in [1.82, 2.24) is 5.32 Å². The molecule has 0 saturated carbocycles. The van der Waals surface area contributed by atoms with Crippen molar-refractivity contribution in [2.45, 2.75) is 6.92 Å². The summed E-state index contributed by atoms with van der Waals surface area (Å²) in [4.78, 5) is 4.35. The van der Waals surface area contributed by atoms with Gasteiger partial charge in [0, 0.05) is 12.1 Å². The summed E-state index contributed by atoms with van der Waals surface area (Å²) in [6.07, 6.45) is 0. The third-order valence-corrected chi connectivity index (χ3v) is 2.11. The molecule has 0 unspecified atom stereocenters. The van der Waals surface area contributed by atoms with Gasteiger partial charge in [-0.25, -0.2) is 0 Å². The molecule has 1 heterocycles. The molecule has 0 fully saturated rings. The first-order valence-corrected chi connectivity index (χ1v) is 4.91. The van der Waals surface area contributed by atoms with Crippen LogP contribution in [-0.4, -0.2) is 25.5 Å². The number of rotatable bonds is 3. The standard InChI is InChI=1S/C11H14N2O/c1-2-14-10-5-3-9(4-6-10)11-12-7-8-13-11/h3-6H,2,7-8H2,1H3,(H,12,13). The van der Waals surface area contributed by atoms with Crippen LogP contribution in [0.3, 0.4) is 0 Å². The Hall–Kier alpha value is -1.51. The van der Waals surface area contributed by atoms with Gasteiger partial charge >= 0.3 is 0 Å². The molecule has 0 atom stereocenters. The van der Waals surface area contributed by atoms with Crippen molar-refractivity contribution in [3.63, 3.8) is 0 Å². The van der Waals surface area contributed by atoms with Crippen LogP contribution in [0.2, 0.25) is 0 Å². The van der Waals surface area contributed by atoms with Gasteiger partial charge in [-0.3, -0.25) is 4.99 Å². The lowest BCUT2D eigenvalue weighted by Crippen LogP contribution is -2.19. The molecule has 1 aliphatic rings. The fourth-order valence-electron chi connectivity index (χ4n) is 1.47. The molecule has 0 saturated heterocycles. The molecule has 0 spiro atoms. The van der Waals surface area contributed by atoms with Crippen molar-refractivity contribution >= 4 is 5.84 Å². The first-order chi connectivity index (χ1) is 6.90. The zero-order chi connectivity index (χ0) is 9.80. The summed E-state index contributed by atoms with van der Waals surface area (Å²) in [7, 11) is 0. The normalized spacial score (nSPS) is 14.8. The van der Waals surface area contributed by atoms with Crippen molar-refractivity contribution in [1.29, 1.82) is 0 Å². The topological polar surface area (TPSA) is 33.6 Å². The molecular weight excluding hydrogens is 176 g/mol. The van der Waals surface area contributed by atoms with Crippen LogP contribution < -0.4 is 10.1 Å². The summed E-state index contributed by atoms with van der Waals surface area (Å²) in [6.45, 7) is 4.51. The summed E-state index contributed by atoms with van der Waals surface area (Å²) >= 11 is 0. The highest BCUT2D eigenvalue weighted by molar-refractivity contribution is 5.99. The van der Waals surface area contributed by atoms with E-state index in [0.29, 0.717) is 6.61 Å². The Balaban J connectivity index is 2.13. The van der Waals surface area contributed by atoms with Gasteiger partial charge in [-0.15, -0.1) is 0 Å². The second kappa shape index (κ2) is 4.13. The van der Waals surface area contributed by atoms with Gasteiger partial charge in [-0.2, -0.15) is 0 Å². The fraction of sp³-hybridized carbons (Fsp3) is 0.364. The van der Waals surface area contributed by atoms with Gasteiger partial charge in [0.1, 0.15) is 11.6 Å². The summed E-state index contributed by atoms with van der Waals surface area (Å²) in [5.74, 6) is 1.91. The molecule has 1 aliphatic heterocycles. The van der Waals surface area contributed by atoms with Crippen molar-refractivity contribution in [2.75, 3.05) is 19.7 Å². The van der Waals surface area contributed by atoms with Crippen molar-refractivity contribution in [2.24, 2.45) is 4.99 Å². The SMILES string of the molecule is CCOc1ccc(C2=NCCN2)cc1. The molecule has 3 nitrogen and oxygen atoms in total. The summed E-state index contributed by atoms with van der Waals surface area (Å²) in [5.41, 5.74) is 1.13. The Morgan fingerprint density at radius 1 is 1.36 bits per heavy atom. The number of benzene rings is 1. The number of nitrogens with one attached hydrogen (secondary N) is 1. The van der Waals surface area contributed by atoms with Gasteiger partial charge in [-0.05, 0) is 31.2 Å². The third kappa shape index (κ3) is 1.87. The molecule has 1 aromatic rings. The second-order valence-electron chi connectivity index (χ2n) is 3.11. The molecule has 0 amide bonds. The van der Waals surface area contributed by atoms with E-state index in [1.54, 1.807) is 0 Å². The summed E-state index contributed by atoms with van der Waals surface area (Å²) in [6, 6.07) is 8.01. The maximum absolute atomic E-state index is 5.36. The lowest BCUT2D eigenvalue weighted by Gasteiger charge is -2.05. The van der Waals surface area contributed by atoms with Crippen LogP contribution in [-0.2, 0) is 0 Å². The van der Waals surface area contributed by atoms with E-state index in [0.717, 1.165) is 30.2 Å². The number of ether oxygens (including phenoxy) is 1. The Morgan fingerprint density at radius 3 is 2.71 bits per heavy atom. The van der Waals surface area contributed by atoms with E-state index in [9.17, 15) is 0 Å². The van der Waals surface area contributed by atoms with E-state index >= 15 is 0 Å². The molecule has 2 rings (SSSR count). The zero-order valence-corrected chi connectivity index (χ0v) is 8.29. The number of hydrogen-bond acceptors (Lipinski definition) is 3. The van der Waals surface area contributed by atoms with Gasteiger partial charge in [-0.1, -0.05) is 0 Å². The Labute approximate surface area is 83.8 Å². The van der Waals surface area contributed by atoms with Crippen LogP contribution >= 0.6 is 0 Å². The van der Waals surface area contributed by atoms with Crippen LogP contribution in [0.1, 0.15) is 12.5 Å². The van der Waals surface area contributed by atoms with E-state index < -0.39 is 0 Å². The molecule has 74 valence electrons. The van der Waals surface area contributed by atoms with Crippen LogP contribution in [0.5, 0.6) is 5.75 Å². The van der Waals surface area contributed by atoms with E-state index in [1.807, 2.05) is 31.2 Å². The fourth-order valence-corrected chi connectivity index (χ4v) is 1.47. The molecule has 14 heavy (non-hydrogen) atoms. The predicted molar refractivity (Wildman–Crippen MR) is 57.0 cm³/mol. The smallest absolute Gasteiger partial charge is 0.128 e. The van der Waals surface area contributed by atoms with Gasteiger partial charge in [0.2, 0.25) is 0 Å².